The van der Waals surface area contributed by atoms with Gasteiger partial charge in [0.2, 0.25) is 0 Å². The molecule has 2 N–H and O–H groups in total. The lowest BCUT2D eigenvalue weighted by Crippen LogP contribution is -2.02. The Morgan fingerprint density at radius 1 is 1.19 bits per heavy atom. The number of fused-ring (bicyclic) bond motifs is 1. The minimum Gasteiger partial charge on any atom is -0.493 e. The van der Waals surface area contributed by atoms with Gasteiger partial charge in [0.25, 0.3) is 0 Å². The molecule has 0 bridgehead atoms. The summed E-state index contributed by atoms with van der Waals surface area (Å²) in [6.45, 7) is 0.370. The highest BCUT2D eigenvalue weighted by atomic mass is 16.5. The van der Waals surface area contributed by atoms with E-state index in [0.717, 1.165) is 16.6 Å². The van der Waals surface area contributed by atoms with Crippen LogP contribution in [0.5, 0.6) is 11.5 Å². The number of ether oxygens (including phenoxy) is 2. The fraction of sp³-hybridized carbons (Fsp3) is 0.273. The normalized spacial score (nSPS) is 10.4. The van der Waals surface area contributed by atoms with Crippen molar-refractivity contribution in [3.63, 3.8) is 0 Å². The standard InChI is InChI=1S/C11H13N3O2/c1-15-9-4-3-7-8(5-12)13-6-14-10(7)11(9)16-2/h3-4,6H,5,12H2,1-2H3. The van der Waals surface area contributed by atoms with Gasteiger partial charge in [-0.05, 0) is 12.1 Å². The number of nitrogens with zero attached hydrogens (tertiary/aromatic N) is 2. The average molecular weight is 219 g/mol. The van der Waals surface area contributed by atoms with E-state index in [1.54, 1.807) is 14.2 Å². The van der Waals surface area contributed by atoms with Gasteiger partial charge >= 0.3 is 0 Å². The van der Waals surface area contributed by atoms with Gasteiger partial charge < -0.3 is 15.2 Å². The van der Waals surface area contributed by atoms with Gasteiger partial charge in [-0.3, -0.25) is 0 Å². The number of hydrogen-bond acceptors (Lipinski definition) is 5. The minimum absolute atomic E-state index is 0.370. The van der Waals surface area contributed by atoms with Crippen LogP contribution in [-0.4, -0.2) is 24.2 Å². The molecule has 0 atom stereocenters. The van der Waals surface area contributed by atoms with Crippen molar-refractivity contribution in [2.75, 3.05) is 14.2 Å². The van der Waals surface area contributed by atoms with Gasteiger partial charge in [-0.25, -0.2) is 9.97 Å². The van der Waals surface area contributed by atoms with Crippen LogP contribution in [0.4, 0.5) is 0 Å². The van der Waals surface area contributed by atoms with Gasteiger partial charge in [-0.1, -0.05) is 0 Å². The smallest absolute Gasteiger partial charge is 0.187 e. The number of rotatable bonds is 3. The van der Waals surface area contributed by atoms with Crippen LogP contribution in [0.3, 0.4) is 0 Å². The van der Waals surface area contributed by atoms with Crippen molar-refractivity contribution in [1.82, 2.24) is 9.97 Å². The Labute approximate surface area is 93.2 Å². The molecule has 0 aliphatic rings. The van der Waals surface area contributed by atoms with Crippen LogP contribution < -0.4 is 15.2 Å². The Balaban J connectivity index is 2.78. The third-order valence-electron chi connectivity index (χ3n) is 2.42. The first kappa shape index (κ1) is 10.6. The Kier molecular flexibility index (Phi) is 2.87. The van der Waals surface area contributed by atoms with Crippen LogP contribution in [-0.2, 0) is 6.54 Å². The van der Waals surface area contributed by atoms with E-state index in [1.165, 1.54) is 6.33 Å². The molecule has 0 radical (unpaired) electrons. The quantitative estimate of drug-likeness (QED) is 0.837. The maximum atomic E-state index is 5.62. The Hall–Kier alpha value is -1.88. The first-order chi connectivity index (χ1) is 7.81. The fourth-order valence-electron chi connectivity index (χ4n) is 1.66. The summed E-state index contributed by atoms with van der Waals surface area (Å²) in [4.78, 5) is 8.32. The van der Waals surface area contributed by atoms with Crippen LogP contribution >= 0.6 is 0 Å². The van der Waals surface area contributed by atoms with Gasteiger partial charge in [-0.15, -0.1) is 0 Å². The summed E-state index contributed by atoms with van der Waals surface area (Å²) in [6, 6.07) is 3.71. The first-order valence-electron chi connectivity index (χ1n) is 4.86. The van der Waals surface area contributed by atoms with E-state index in [4.69, 9.17) is 15.2 Å². The first-order valence-corrected chi connectivity index (χ1v) is 4.86. The van der Waals surface area contributed by atoms with E-state index >= 15 is 0 Å². The number of benzene rings is 1. The predicted molar refractivity (Wildman–Crippen MR) is 60.5 cm³/mol. The SMILES string of the molecule is COc1ccc2c(CN)ncnc2c1OC. The van der Waals surface area contributed by atoms with E-state index in [-0.39, 0.29) is 0 Å². The topological polar surface area (TPSA) is 70.3 Å². The molecule has 84 valence electrons. The molecule has 0 unspecified atom stereocenters. The zero-order chi connectivity index (χ0) is 11.5. The van der Waals surface area contributed by atoms with Crippen molar-refractivity contribution in [2.45, 2.75) is 6.54 Å². The third-order valence-corrected chi connectivity index (χ3v) is 2.42. The molecule has 1 aromatic carbocycles. The van der Waals surface area contributed by atoms with Gasteiger partial charge in [0, 0.05) is 11.9 Å². The van der Waals surface area contributed by atoms with Crippen molar-refractivity contribution < 1.29 is 9.47 Å². The number of aromatic nitrogens is 2. The second-order valence-electron chi connectivity index (χ2n) is 3.22. The van der Waals surface area contributed by atoms with Crippen molar-refractivity contribution in [3.05, 3.63) is 24.2 Å². The minimum atomic E-state index is 0.370. The second-order valence-corrected chi connectivity index (χ2v) is 3.22. The van der Waals surface area contributed by atoms with Crippen LogP contribution in [0, 0.1) is 0 Å². The molecule has 5 nitrogen and oxygen atoms in total. The molecule has 0 fully saturated rings. The maximum Gasteiger partial charge on any atom is 0.187 e. The van der Waals surface area contributed by atoms with Crippen molar-refractivity contribution >= 4 is 10.9 Å². The van der Waals surface area contributed by atoms with Crippen LogP contribution in [0.25, 0.3) is 10.9 Å². The molecule has 16 heavy (non-hydrogen) atoms. The fourth-order valence-corrected chi connectivity index (χ4v) is 1.66. The molecule has 2 rings (SSSR count). The molecule has 0 amide bonds. The number of methoxy groups -OCH3 is 2. The molecular weight excluding hydrogens is 206 g/mol. The highest BCUT2D eigenvalue weighted by molar-refractivity contribution is 5.88. The summed E-state index contributed by atoms with van der Waals surface area (Å²) in [7, 11) is 3.18. The molecule has 5 heteroatoms. The molecule has 0 saturated carbocycles. The number of nitrogens with two attached hydrogens (primary N) is 1. The monoisotopic (exact) mass is 219 g/mol. The molecule has 2 aromatic rings. The molecule has 1 heterocycles. The summed E-state index contributed by atoms with van der Waals surface area (Å²) >= 11 is 0. The van der Waals surface area contributed by atoms with Crippen LogP contribution in [0.1, 0.15) is 5.69 Å². The maximum absolute atomic E-state index is 5.62. The van der Waals surface area contributed by atoms with Gasteiger partial charge in [0.05, 0.1) is 19.9 Å². The van der Waals surface area contributed by atoms with E-state index in [0.29, 0.717) is 18.0 Å². The van der Waals surface area contributed by atoms with Crippen molar-refractivity contribution in [1.29, 1.82) is 0 Å². The number of hydrogen-bond donors (Lipinski definition) is 1. The molecule has 0 saturated heterocycles. The van der Waals surface area contributed by atoms with Crippen molar-refractivity contribution in [2.24, 2.45) is 5.73 Å². The van der Waals surface area contributed by atoms with E-state index in [9.17, 15) is 0 Å². The van der Waals surface area contributed by atoms with Gasteiger partial charge in [-0.2, -0.15) is 0 Å². The van der Waals surface area contributed by atoms with Crippen LogP contribution in [0.15, 0.2) is 18.5 Å². The average Bonchev–Trinajstić information content (AvgIpc) is 2.36. The molecule has 0 aliphatic carbocycles. The van der Waals surface area contributed by atoms with E-state index in [2.05, 4.69) is 9.97 Å². The van der Waals surface area contributed by atoms with Gasteiger partial charge in [0.15, 0.2) is 11.5 Å². The summed E-state index contributed by atoms with van der Waals surface area (Å²) in [5, 5.41) is 0.891. The summed E-state index contributed by atoms with van der Waals surface area (Å²) in [5.74, 6) is 1.26. The highest BCUT2D eigenvalue weighted by Crippen LogP contribution is 2.34. The summed E-state index contributed by atoms with van der Waals surface area (Å²) < 4.78 is 10.5. The zero-order valence-electron chi connectivity index (χ0n) is 9.23. The third kappa shape index (κ3) is 1.55. The molecular formula is C11H13N3O2. The van der Waals surface area contributed by atoms with E-state index in [1.807, 2.05) is 12.1 Å². The van der Waals surface area contributed by atoms with Crippen LogP contribution in [0.2, 0.25) is 0 Å². The molecule has 0 aliphatic heterocycles. The van der Waals surface area contributed by atoms with Crippen molar-refractivity contribution in [3.8, 4) is 11.5 Å². The lowest BCUT2D eigenvalue weighted by Gasteiger charge is -2.10. The van der Waals surface area contributed by atoms with E-state index < -0.39 is 0 Å². The largest absolute Gasteiger partial charge is 0.493 e. The summed E-state index contributed by atoms with van der Waals surface area (Å²) in [5.41, 5.74) is 7.13. The van der Waals surface area contributed by atoms with Gasteiger partial charge in [0.1, 0.15) is 11.8 Å². The lowest BCUT2D eigenvalue weighted by molar-refractivity contribution is 0.358. The lowest BCUT2D eigenvalue weighted by atomic mass is 10.1. The molecule has 0 spiro atoms. The highest BCUT2D eigenvalue weighted by Gasteiger charge is 2.12. The predicted octanol–water partition coefficient (Wildman–Crippen LogP) is 1.11. The summed E-state index contributed by atoms with van der Waals surface area (Å²) in [6.07, 6.45) is 1.48. The second kappa shape index (κ2) is 4.32. The Bertz CT molecular complexity index is 514. The zero-order valence-corrected chi connectivity index (χ0v) is 9.23. The Morgan fingerprint density at radius 3 is 2.62 bits per heavy atom. The Morgan fingerprint density at radius 2 is 2.00 bits per heavy atom. The molecule has 1 aromatic heterocycles.